The Morgan fingerprint density at radius 3 is 1.32 bits per heavy atom. The SMILES string of the molecule is CCCCCCc1ccc(-c2cc(-c3ccc(CCCCCC)s3)c(-c3cccs3)cc2-c2cccs2)s1. The molecule has 0 saturated carbocycles. The summed E-state index contributed by atoms with van der Waals surface area (Å²) in [5, 5.41) is 4.41. The molecule has 0 saturated heterocycles. The van der Waals surface area contributed by atoms with Crippen LogP contribution in [0.5, 0.6) is 0 Å². The molecule has 0 N–H and O–H groups in total. The average Bonchev–Trinajstić information content (AvgIpc) is 3.76. The first-order chi connectivity index (χ1) is 18.8. The Balaban J connectivity index is 1.55. The molecular formula is C34H38S4. The fraction of sp³-hybridized carbons (Fsp3) is 0.353. The van der Waals surface area contributed by atoms with Gasteiger partial charge in [-0.25, -0.2) is 0 Å². The zero-order valence-electron chi connectivity index (χ0n) is 22.6. The Labute approximate surface area is 245 Å². The molecule has 0 radical (unpaired) electrons. The van der Waals surface area contributed by atoms with Crippen molar-refractivity contribution in [1.29, 1.82) is 0 Å². The van der Waals surface area contributed by atoms with E-state index in [-0.39, 0.29) is 0 Å². The molecule has 4 heterocycles. The molecule has 0 unspecified atom stereocenters. The van der Waals surface area contributed by atoms with E-state index in [9.17, 15) is 0 Å². The number of aryl methyl sites for hydroxylation is 2. The molecule has 0 nitrogen and oxygen atoms in total. The molecule has 0 fully saturated rings. The Morgan fingerprint density at radius 1 is 0.474 bits per heavy atom. The van der Waals surface area contributed by atoms with Gasteiger partial charge in [0.25, 0.3) is 0 Å². The normalized spacial score (nSPS) is 11.4. The van der Waals surface area contributed by atoms with E-state index in [2.05, 4.69) is 85.3 Å². The van der Waals surface area contributed by atoms with Gasteiger partial charge in [0.15, 0.2) is 0 Å². The second kappa shape index (κ2) is 13.9. The zero-order valence-corrected chi connectivity index (χ0v) is 25.9. The Morgan fingerprint density at radius 2 is 0.921 bits per heavy atom. The molecule has 4 heteroatoms. The first-order valence-electron chi connectivity index (χ1n) is 14.2. The predicted octanol–water partition coefficient (Wildman–Crippen LogP) is 12.8. The van der Waals surface area contributed by atoms with Crippen LogP contribution in [-0.2, 0) is 12.8 Å². The minimum Gasteiger partial charge on any atom is -0.144 e. The summed E-state index contributed by atoms with van der Waals surface area (Å²) in [6, 6.07) is 23.4. The molecule has 0 aliphatic rings. The third kappa shape index (κ3) is 6.77. The van der Waals surface area contributed by atoms with E-state index in [1.165, 1.54) is 116 Å². The third-order valence-electron chi connectivity index (χ3n) is 7.14. The van der Waals surface area contributed by atoms with Crippen molar-refractivity contribution in [1.82, 2.24) is 0 Å². The van der Waals surface area contributed by atoms with Crippen LogP contribution in [0.25, 0.3) is 41.8 Å². The van der Waals surface area contributed by atoms with Crippen LogP contribution in [0.15, 0.2) is 71.4 Å². The highest BCUT2D eigenvalue weighted by Crippen LogP contribution is 2.47. The van der Waals surface area contributed by atoms with E-state index < -0.39 is 0 Å². The highest BCUT2D eigenvalue weighted by Gasteiger charge is 2.19. The molecule has 5 aromatic rings. The van der Waals surface area contributed by atoms with Crippen molar-refractivity contribution in [2.45, 2.75) is 78.1 Å². The topological polar surface area (TPSA) is 0 Å². The van der Waals surface area contributed by atoms with Crippen molar-refractivity contribution in [2.24, 2.45) is 0 Å². The van der Waals surface area contributed by atoms with Gasteiger partial charge in [0.2, 0.25) is 0 Å². The molecule has 198 valence electrons. The van der Waals surface area contributed by atoms with Gasteiger partial charge in [-0.3, -0.25) is 0 Å². The zero-order chi connectivity index (χ0) is 26.2. The van der Waals surface area contributed by atoms with Crippen LogP contribution >= 0.6 is 45.3 Å². The first-order valence-corrected chi connectivity index (χ1v) is 17.6. The number of thiophene rings is 4. The fourth-order valence-corrected chi connectivity index (χ4v) is 8.72. The van der Waals surface area contributed by atoms with Crippen molar-refractivity contribution >= 4 is 45.3 Å². The molecule has 0 aliphatic carbocycles. The summed E-state index contributed by atoms with van der Waals surface area (Å²) in [6.07, 6.45) is 12.9. The van der Waals surface area contributed by atoms with Crippen LogP contribution in [-0.4, -0.2) is 0 Å². The summed E-state index contributed by atoms with van der Waals surface area (Å²) in [4.78, 5) is 8.53. The summed E-state index contributed by atoms with van der Waals surface area (Å²) in [5.74, 6) is 0. The predicted molar refractivity (Wildman–Crippen MR) is 175 cm³/mol. The van der Waals surface area contributed by atoms with E-state index in [4.69, 9.17) is 0 Å². The smallest absolute Gasteiger partial charge is 0.0352 e. The number of benzene rings is 1. The van der Waals surface area contributed by atoms with Gasteiger partial charge in [-0.05, 0) is 85.0 Å². The largest absolute Gasteiger partial charge is 0.144 e. The van der Waals surface area contributed by atoms with Crippen molar-refractivity contribution in [3.8, 4) is 41.8 Å². The molecule has 0 amide bonds. The van der Waals surface area contributed by atoms with Crippen LogP contribution in [0, 0.1) is 0 Å². The molecule has 38 heavy (non-hydrogen) atoms. The van der Waals surface area contributed by atoms with Crippen molar-refractivity contribution in [3.63, 3.8) is 0 Å². The van der Waals surface area contributed by atoms with Gasteiger partial charge < -0.3 is 0 Å². The van der Waals surface area contributed by atoms with Crippen LogP contribution in [0.2, 0.25) is 0 Å². The lowest BCUT2D eigenvalue weighted by molar-refractivity contribution is 0.670. The summed E-state index contributed by atoms with van der Waals surface area (Å²) in [5.41, 5.74) is 5.49. The minimum absolute atomic E-state index is 1.20. The van der Waals surface area contributed by atoms with Gasteiger partial charge in [0.05, 0.1) is 0 Å². The van der Waals surface area contributed by atoms with Gasteiger partial charge >= 0.3 is 0 Å². The summed E-state index contributed by atoms with van der Waals surface area (Å²) in [7, 11) is 0. The summed E-state index contributed by atoms with van der Waals surface area (Å²) in [6.45, 7) is 4.58. The standard InChI is InChI=1S/C34H38S4/c1-3-5-7-9-13-25-17-19-33(37-25)29-24-30(34-20-18-26(38-34)14-10-8-6-4-2)28(32-16-12-22-36-32)23-27(29)31-15-11-21-35-31/h11-12,15-24H,3-10,13-14H2,1-2H3. The fourth-order valence-electron chi connectivity index (χ4n) is 5.04. The molecule has 0 aliphatic heterocycles. The van der Waals surface area contributed by atoms with Crippen molar-refractivity contribution in [3.05, 3.63) is 81.2 Å². The van der Waals surface area contributed by atoms with Crippen LogP contribution in [0.4, 0.5) is 0 Å². The lowest BCUT2D eigenvalue weighted by atomic mass is 9.94. The van der Waals surface area contributed by atoms with Crippen LogP contribution < -0.4 is 0 Å². The summed E-state index contributed by atoms with van der Waals surface area (Å²) < 4.78 is 0. The van der Waals surface area contributed by atoms with E-state index >= 15 is 0 Å². The second-order valence-corrected chi connectivity index (χ2v) is 14.3. The highest BCUT2D eigenvalue weighted by atomic mass is 32.1. The van der Waals surface area contributed by atoms with Crippen LogP contribution in [0.1, 0.15) is 75.0 Å². The Kier molecular flexibility index (Phi) is 10.1. The second-order valence-electron chi connectivity index (χ2n) is 10.1. The van der Waals surface area contributed by atoms with Gasteiger partial charge in [0, 0.05) is 51.5 Å². The van der Waals surface area contributed by atoms with Crippen LogP contribution in [0.3, 0.4) is 0 Å². The van der Waals surface area contributed by atoms with E-state index in [0.29, 0.717) is 0 Å². The molecule has 4 aromatic heterocycles. The maximum absolute atomic E-state index is 2.50. The number of rotatable bonds is 14. The van der Waals surface area contributed by atoms with Crippen molar-refractivity contribution < 1.29 is 0 Å². The summed E-state index contributed by atoms with van der Waals surface area (Å²) >= 11 is 7.68. The van der Waals surface area contributed by atoms with E-state index in [0.717, 1.165) is 0 Å². The molecule has 0 spiro atoms. The maximum Gasteiger partial charge on any atom is 0.0352 e. The molecular weight excluding hydrogens is 537 g/mol. The Bertz CT molecular complexity index is 1280. The highest BCUT2D eigenvalue weighted by molar-refractivity contribution is 7.16. The third-order valence-corrected chi connectivity index (χ3v) is 11.3. The minimum atomic E-state index is 1.20. The number of unbranched alkanes of at least 4 members (excludes halogenated alkanes) is 6. The van der Waals surface area contributed by atoms with Crippen molar-refractivity contribution in [2.75, 3.05) is 0 Å². The lowest BCUT2D eigenvalue weighted by Gasteiger charge is -2.14. The monoisotopic (exact) mass is 574 g/mol. The van der Waals surface area contributed by atoms with E-state index in [1.54, 1.807) is 0 Å². The molecule has 0 bridgehead atoms. The maximum atomic E-state index is 2.50. The molecule has 1 aromatic carbocycles. The van der Waals surface area contributed by atoms with Gasteiger partial charge in [-0.1, -0.05) is 64.5 Å². The van der Waals surface area contributed by atoms with E-state index in [1.807, 2.05) is 45.3 Å². The lowest BCUT2D eigenvalue weighted by Crippen LogP contribution is -1.88. The quantitative estimate of drug-likeness (QED) is 0.116. The first kappa shape index (κ1) is 27.6. The number of hydrogen-bond donors (Lipinski definition) is 0. The molecule has 0 atom stereocenters. The number of hydrogen-bond acceptors (Lipinski definition) is 4. The Hall–Kier alpha value is -1.98. The average molecular weight is 575 g/mol. The van der Waals surface area contributed by atoms with Gasteiger partial charge in [-0.15, -0.1) is 45.3 Å². The molecule has 5 rings (SSSR count). The van der Waals surface area contributed by atoms with Gasteiger partial charge in [0.1, 0.15) is 0 Å². The van der Waals surface area contributed by atoms with Gasteiger partial charge in [-0.2, -0.15) is 0 Å².